The van der Waals surface area contributed by atoms with E-state index >= 15 is 0 Å². The molecule has 1 aliphatic rings. The molecule has 3 rings (SSSR count). The van der Waals surface area contributed by atoms with Crippen LogP contribution in [0.15, 0.2) is 30.6 Å². The number of carbonyl (C=O) groups excluding carboxylic acids is 1. The summed E-state index contributed by atoms with van der Waals surface area (Å²) in [7, 11) is 7.05. The van der Waals surface area contributed by atoms with Gasteiger partial charge in [-0.1, -0.05) is 0 Å². The lowest BCUT2D eigenvalue weighted by molar-refractivity contribution is 0.0924. The SMILES string of the molecule is COc1ccc(C(=O)N[C@@H]2CN(c3ncccn3)C[C@H]2CN(C)C)c(OC)n1. The maximum absolute atomic E-state index is 12.9. The maximum Gasteiger partial charge on any atom is 0.257 e. The topological polar surface area (TPSA) is 92.7 Å². The van der Waals surface area contributed by atoms with Crippen molar-refractivity contribution < 1.29 is 14.3 Å². The molecule has 1 fully saturated rings. The second kappa shape index (κ2) is 8.83. The van der Waals surface area contributed by atoms with E-state index < -0.39 is 0 Å². The highest BCUT2D eigenvalue weighted by Crippen LogP contribution is 2.24. The fourth-order valence-electron chi connectivity index (χ4n) is 3.42. The van der Waals surface area contributed by atoms with Gasteiger partial charge in [-0.05, 0) is 26.2 Å². The number of ether oxygens (including phenoxy) is 2. The molecule has 9 heteroatoms. The van der Waals surface area contributed by atoms with Crippen LogP contribution < -0.4 is 19.7 Å². The zero-order valence-corrected chi connectivity index (χ0v) is 16.6. The molecule has 2 aromatic rings. The molecular formula is C19H26N6O3. The highest BCUT2D eigenvalue weighted by atomic mass is 16.5. The van der Waals surface area contributed by atoms with E-state index in [0.717, 1.165) is 13.1 Å². The summed E-state index contributed by atoms with van der Waals surface area (Å²) in [6.07, 6.45) is 3.45. The van der Waals surface area contributed by atoms with Gasteiger partial charge >= 0.3 is 0 Å². The van der Waals surface area contributed by atoms with Crippen LogP contribution in [-0.4, -0.2) is 79.8 Å². The molecular weight excluding hydrogens is 360 g/mol. The van der Waals surface area contributed by atoms with Gasteiger partial charge in [-0.15, -0.1) is 0 Å². The van der Waals surface area contributed by atoms with E-state index in [-0.39, 0.29) is 23.7 Å². The molecule has 3 heterocycles. The minimum Gasteiger partial charge on any atom is -0.481 e. The molecule has 9 nitrogen and oxygen atoms in total. The largest absolute Gasteiger partial charge is 0.481 e. The van der Waals surface area contributed by atoms with Gasteiger partial charge in [-0.2, -0.15) is 4.98 Å². The van der Waals surface area contributed by atoms with Crippen LogP contribution in [0.4, 0.5) is 5.95 Å². The van der Waals surface area contributed by atoms with Crippen LogP contribution in [0, 0.1) is 5.92 Å². The number of anilines is 1. The summed E-state index contributed by atoms with van der Waals surface area (Å²) in [5, 5.41) is 3.14. The molecule has 150 valence electrons. The second-order valence-corrected chi connectivity index (χ2v) is 6.97. The van der Waals surface area contributed by atoms with Crippen LogP contribution in [0.5, 0.6) is 11.8 Å². The van der Waals surface area contributed by atoms with Crippen molar-refractivity contribution >= 4 is 11.9 Å². The van der Waals surface area contributed by atoms with Gasteiger partial charge in [0, 0.05) is 44.0 Å². The number of nitrogens with one attached hydrogen (secondary N) is 1. The molecule has 1 saturated heterocycles. The van der Waals surface area contributed by atoms with Gasteiger partial charge < -0.3 is 24.6 Å². The lowest BCUT2D eigenvalue weighted by Crippen LogP contribution is -2.43. The lowest BCUT2D eigenvalue weighted by atomic mass is 10.0. The molecule has 1 N–H and O–H groups in total. The number of carbonyl (C=O) groups is 1. The molecule has 0 saturated carbocycles. The number of amides is 1. The third-order valence-electron chi connectivity index (χ3n) is 4.67. The number of methoxy groups -OCH3 is 2. The van der Waals surface area contributed by atoms with Crippen molar-refractivity contribution in [1.82, 2.24) is 25.2 Å². The Hall–Kier alpha value is -2.94. The zero-order valence-electron chi connectivity index (χ0n) is 16.6. The molecule has 0 aliphatic carbocycles. The van der Waals surface area contributed by atoms with Crippen molar-refractivity contribution in [3.63, 3.8) is 0 Å². The summed E-state index contributed by atoms with van der Waals surface area (Å²) in [5.74, 6) is 1.32. The van der Waals surface area contributed by atoms with E-state index in [2.05, 4.69) is 30.1 Å². The predicted molar refractivity (Wildman–Crippen MR) is 105 cm³/mol. The summed E-state index contributed by atoms with van der Waals surface area (Å²) >= 11 is 0. The van der Waals surface area contributed by atoms with E-state index in [9.17, 15) is 4.79 Å². The number of pyridine rings is 1. The number of hydrogen-bond donors (Lipinski definition) is 1. The van der Waals surface area contributed by atoms with Gasteiger partial charge in [0.05, 0.1) is 20.3 Å². The maximum atomic E-state index is 12.9. The molecule has 1 amide bonds. The molecule has 2 atom stereocenters. The molecule has 2 aromatic heterocycles. The Bertz CT molecular complexity index is 802. The number of nitrogens with zero attached hydrogens (tertiary/aromatic N) is 5. The first-order valence-corrected chi connectivity index (χ1v) is 9.08. The number of aromatic nitrogens is 3. The molecule has 0 radical (unpaired) electrons. The first-order valence-electron chi connectivity index (χ1n) is 9.08. The Labute approximate surface area is 164 Å². The molecule has 0 aromatic carbocycles. The Balaban J connectivity index is 1.77. The van der Waals surface area contributed by atoms with E-state index in [1.54, 1.807) is 30.6 Å². The summed E-state index contributed by atoms with van der Waals surface area (Å²) < 4.78 is 10.4. The number of hydrogen-bond acceptors (Lipinski definition) is 8. The van der Waals surface area contributed by atoms with Crippen molar-refractivity contribution in [3.8, 4) is 11.8 Å². The monoisotopic (exact) mass is 386 g/mol. The summed E-state index contributed by atoms with van der Waals surface area (Å²) in [5.41, 5.74) is 0.376. The normalized spacial score (nSPS) is 19.0. The molecule has 0 bridgehead atoms. The van der Waals surface area contributed by atoms with E-state index in [1.807, 2.05) is 14.1 Å². The van der Waals surface area contributed by atoms with Crippen LogP contribution in [0.2, 0.25) is 0 Å². The van der Waals surface area contributed by atoms with Crippen molar-refractivity contribution in [2.75, 3.05) is 52.8 Å². The first kappa shape index (κ1) is 19.8. The van der Waals surface area contributed by atoms with Gasteiger partial charge in [-0.25, -0.2) is 9.97 Å². The Morgan fingerprint density at radius 2 is 1.96 bits per heavy atom. The zero-order chi connectivity index (χ0) is 20.1. The molecule has 1 aliphatic heterocycles. The van der Waals surface area contributed by atoms with E-state index in [0.29, 0.717) is 23.9 Å². The molecule has 0 spiro atoms. The lowest BCUT2D eigenvalue weighted by Gasteiger charge is -2.22. The van der Waals surface area contributed by atoms with Gasteiger partial charge in [0.15, 0.2) is 0 Å². The smallest absolute Gasteiger partial charge is 0.257 e. The standard InChI is InChI=1S/C19H26N6O3/c1-24(2)10-13-11-25(19-20-8-5-9-21-19)12-15(13)22-17(26)14-6-7-16(27-3)23-18(14)28-4/h5-9,13,15H,10-12H2,1-4H3,(H,22,26)/t13-,15-/m1/s1. The average molecular weight is 386 g/mol. The van der Waals surface area contributed by atoms with E-state index in [4.69, 9.17) is 9.47 Å². The van der Waals surface area contributed by atoms with Gasteiger partial charge in [0.1, 0.15) is 5.56 Å². The van der Waals surface area contributed by atoms with Crippen LogP contribution in [0.25, 0.3) is 0 Å². The fraction of sp³-hybridized carbons (Fsp3) is 0.474. The van der Waals surface area contributed by atoms with Crippen molar-refractivity contribution in [1.29, 1.82) is 0 Å². The second-order valence-electron chi connectivity index (χ2n) is 6.97. The third-order valence-corrected chi connectivity index (χ3v) is 4.67. The van der Waals surface area contributed by atoms with Gasteiger partial charge in [-0.3, -0.25) is 4.79 Å². The van der Waals surface area contributed by atoms with Gasteiger partial charge in [0.25, 0.3) is 5.91 Å². The van der Waals surface area contributed by atoms with Crippen LogP contribution in [0.1, 0.15) is 10.4 Å². The van der Waals surface area contributed by atoms with Crippen molar-refractivity contribution in [2.45, 2.75) is 6.04 Å². The quantitative estimate of drug-likeness (QED) is 0.743. The van der Waals surface area contributed by atoms with E-state index in [1.165, 1.54) is 14.2 Å². The van der Waals surface area contributed by atoms with Crippen LogP contribution in [-0.2, 0) is 0 Å². The summed E-state index contributed by atoms with van der Waals surface area (Å²) in [4.78, 5) is 30.0. The van der Waals surface area contributed by atoms with Crippen LogP contribution in [0.3, 0.4) is 0 Å². The number of rotatable bonds is 7. The van der Waals surface area contributed by atoms with Gasteiger partial charge in [0.2, 0.25) is 17.7 Å². The summed E-state index contributed by atoms with van der Waals surface area (Å²) in [6, 6.07) is 5.05. The molecule has 28 heavy (non-hydrogen) atoms. The minimum absolute atomic E-state index is 0.0505. The van der Waals surface area contributed by atoms with Crippen molar-refractivity contribution in [3.05, 3.63) is 36.2 Å². The Morgan fingerprint density at radius 3 is 2.61 bits per heavy atom. The molecule has 0 unspecified atom stereocenters. The first-order chi connectivity index (χ1) is 13.5. The average Bonchev–Trinajstić information content (AvgIpc) is 3.09. The van der Waals surface area contributed by atoms with Crippen LogP contribution >= 0.6 is 0 Å². The van der Waals surface area contributed by atoms with Crippen molar-refractivity contribution in [2.24, 2.45) is 5.92 Å². The fourth-order valence-corrected chi connectivity index (χ4v) is 3.42. The summed E-state index contributed by atoms with van der Waals surface area (Å²) in [6.45, 7) is 2.25. The Morgan fingerprint density at radius 1 is 1.21 bits per heavy atom. The minimum atomic E-state index is -0.225. The highest BCUT2D eigenvalue weighted by molar-refractivity contribution is 5.96. The Kier molecular flexibility index (Phi) is 6.25. The highest BCUT2D eigenvalue weighted by Gasteiger charge is 2.35. The third kappa shape index (κ3) is 4.48. The predicted octanol–water partition coefficient (Wildman–Crippen LogP) is 0.685.